The monoisotopic (exact) mass is 443 g/mol. The summed E-state index contributed by atoms with van der Waals surface area (Å²) in [6.45, 7) is 0.635. The molecule has 2 amide bonds. The molecule has 4 aromatic rings. The smallest absolute Gasteiger partial charge is 0.272 e. The lowest BCUT2D eigenvalue weighted by Crippen LogP contribution is -2.49. The molecule has 0 unspecified atom stereocenters. The maximum atomic E-state index is 13.2. The highest BCUT2D eigenvalue weighted by Crippen LogP contribution is 2.37. The van der Waals surface area contributed by atoms with Gasteiger partial charge in [-0.25, -0.2) is 4.98 Å². The number of imidazole rings is 1. The number of nitrogens with zero attached hydrogens (tertiary/aromatic N) is 4. The van der Waals surface area contributed by atoms with E-state index in [4.69, 9.17) is 4.74 Å². The molecular formula is C25H25N5O3. The molecule has 0 saturated carbocycles. The Balaban J connectivity index is 0.00000259. The Morgan fingerprint density at radius 3 is 2.82 bits per heavy atom. The summed E-state index contributed by atoms with van der Waals surface area (Å²) >= 11 is 0. The van der Waals surface area contributed by atoms with Crippen LogP contribution in [0.5, 0.6) is 5.75 Å². The zero-order chi connectivity index (χ0) is 22.1. The van der Waals surface area contributed by atoms with Crippen molar-refractivity contribution in [3.05, 3.63) is 84.7 Å². The van der Waals surface area contributed by atoms with Crippen LogP contribution in [0.3, 0.4) is 0 Å². The van der Waals surface area contributed by atoms with Gasteiger partial charge in [-0.3, -0.25) is 14.6 Å². The summed E-state index contributed by atoms with van der Waals surface area (Å²) in [6.07, 6.45) is 6.69. The third kappa shape index (κ3) is 4.27. The molecule has 0 aliphatic carbocycles. The van der Waals surface area contributed by atoms with Crippen molar-refractivity contribution in [2.45, 2.75) is 20.0 Å². The number of pyridine rings is 1. The number of amides is 2. The minimum atomic E-state index is -0.837. The van der Waals surface area contributed by atoms with E-state index in [1.807, 2.05) is 53.1 Å². The second-order valence-electron chi connectivity index (χ2n) is 7.66. The highest BCUT2D eigenvalue weighted by Gasteiger charge is 2.32. The first kappa shape index (κ1) is 22.0. The summed E-state index contributed by atoms with van der Waals surface area (Å²) in [7, 11) is 1.68. The van der Waals surface area contributed by atoms with Crippen LogP contribution in [-0.2, 0) is 11.3 Å². The van der Waals surface area contributed by atoms with E-state index in [0.29, 0.717) is 18.0 Å². The van der Waals surface area contributed by atoms with Gasteiger partial charge in [-0.1, -0.05) is 37.8 Å². The van der Waals surface area contributed by atoms with E-state index in [0.717, 1.165) is 16.3 Å². The maximum absolute atomic E-state index is 13.2. The second-order valence-corrected chi connectivity index (χ2v) is 7.66. The quantitative estimate of drug-likeness (QED) is 0.523. The summed E-state index contributed by atoms with van der Waals surface area (Å²) < 4.78 is 7.74. The van der Waals surface area contributed by atoms with Crippen molar-refractivity contribution in [3.8, 4) is 5.75 Å². The normalized spacial score (nSPS) is 15.2. The Hall–Kier alpha value is -4.20. The number of anilines is 1. The van der Waals surface area contributed by atoms with Crippen molar-refractivity contribution in [3.63, 3.8) is 0 Å². The van der Waals surface area contributed by atoms with E-state index in [9.17, 15) is 9.59 Å². The van der Waals surface area contributed by atoms with Crippen LogP contribution in [0, 0.1) is 0 Å². The van der Waals surface area contributed by atoms with E-state index in [1.54, 1.807) is 32.0 Å². The number of carbonyl (C=O) groups is 2. The van der Waals surface area contributed by atoms with Crippen molar-refractivity contribution >= 4 is 28.3 Å². The fourth-order valence-corrected chi connectivity index (χ4v) is 3.88. The van der Waals surface area contributed by atoms with Gasteiger partial charge < -0.3 is 19.5 Å². The number of hydrogen-bond acceptors (Lipinski definition) is 5. The summed E-state index contributed by atoms with van der Waals surface area (Å²) in [5.41, 5.74) is 2.01. The molecule has 2 aromatic heterocycles. The van der Waals surface area contributed by atoms with Crippen molar-refractivity contribution in [1.82, 2.24) is 19.9 Å². The van der Waals surface area contributed by atoms with E-state index < -0.39 is 11.9 Å². The number of likely N-dealkylation sites (N-methyl/N-ethyl adjacent to an activating group) is 1. The topological polar surface area (TPSA) is 89.4 Å². The highest BCUT2D eigenvalue weighted by molar-refractivity contribution is 6.09. The molecule has 1 aliphatic heterocycles. The van der Waals surface area contributed by atoms with E-state index in [2.05, 4.69) is 15.3 Å². The standard InChI is InChI=1S/C24H21N5O3.CH4/c1-28-22-18-9-10-25-11-17(18)7-8-21(22)32-14-20(24(28)31)27-23(30)19-13-29(15-26-19)12-16-5-3-2-4-6-16;/h2-11,13,15,20H,12,14H2,1H3,(H,27,30);1H4/t20-;/m0./s1. The van der Waals surface area contributed by atoms with Crippen molar-refractivity contribution < 1.29 is 14.3 Å². The highest BCUT2D eigenvalue weighted by atomic mass is 16.5. The molecule has 0 radical (unpaired) electrons. The summed E-state index contributed by atoms with van der Waals surface area (Å²) in [4.78, 5) is 35.8. The molecule has 33 heavy (non-hydrogen) atoms. The Kier molecular flexibility index (Phi) is 6.08. The van der Waals surface area contributed by atoms with Crippen LogP contribution >= 0.6 is 0 Å². The SMILES string of the molecule is C.CN1C(=O)[C@@H](NC(=O)c2cn(Cc3ccccc3)cn2)COc2ccc3cnccc3c21. The zero-order valence-electron chi connectivity index (χ0n) is 17.4. The van der Waals surface area contributed by atoms with Gasteiger partial charge >= 0.3 is 0 Å². The van der Waals surface area contributed by atoms with Crippen LogP contribution in [0.4, 0.5) is 5.69 Å². The van der Waals surface area contributed by atoms with Gasteiger partial charge in [0.25, 0.3) is 11.8 Å². The molecule has 5 rings (SSSR count). The average molecular weight is 444 g/mol. The molecule has 3 heterocycles. The Bertz CT molecular complexity index is 1300. The lowest BCUT2D eigenvalue weighted by Gasteiger charge is -2.21. The lowest BCUT2D eigenvalue weighted by atomic mass is 10.1. The molecule has 1 aliphatic rings. The molecule has 1 N–H and O–H groups in total. The third-order valence-corrected chi connectivity index (χ3v) is 5.50. The van der Waals surface area contributed by atoms with Gasteiger partial charge in [0.15, 0.2) is 0 Å². The van der Waals surface area contributed by atoms with E-state index in [-0.39, 0.29) is 25.6 Å². The molecule has 0 bridgehead atoms. The first-order valence-electron chi connectivity index (χ1n) is 10.2. The Labute approximate surface area is 191 Å². The van der Waals surface area contributed by atoms with Gasteiger partial charge in [-0.05, 0) is 23.8 Å². The number of benzene rings is 2. The number of rotatable bonds is 4. The van der Waals surface area contributed by atoms with Crippen molar-refractivity contribution in [2.75, 3.05) is 18.6 Å². The van der Waals surface area contributed by atoms with Gasteiger partial charge in [0, 0.05) is 43.0 Å². The maximum Gasteiger partial charge on any atom is 0.272 e. The summed E-state index contributed by atoms with van der Waals surface area (Å²) in [5.74, 6) is -0.0965. The molecular weight excluding hydrogens is 418 g/mol. The predicted octanol–water partition coefficient (Wildman–Crippen LogP) is 3.27. The van der Waals surface area contributed by atoms with Crippen molar-refractivity contribution in [1.29, 1.82) is 0 Å². The van der Waals surface area contributed by atoms with Gasteiger partial charge in [-0.15, -0.1) is 0 Å². The number of ether oxygens (including phenoxy) is 1. The zero-order valence-corrected chi connectivity index (χ0v) is 17.4. The second kappa shape index (κ2) is 9.12. The largest absolute Gasteiger partial charge is 0.489 e. The predicted molar refractivity (Wildman–Crippen MR) is 126 cm³/mol. The molecule has 168 valence electrons. The minimum absolute atomic E-state index is 0. The summed E-state index contributed by atoms with van der Waals surface area (Å²) in [6, 6.07) is 14.6. The molecule has 1 atom stereocenters. The van der Waals surface area contributed by atoms with Crippen LogP contribution in [0.1, 0.15) is 23.5 Å². The Morgan fingerprint density at radius 1 is 1.18 bits per heavy atom. The fourth-order valence-electron chi connectivity index (χ4n) is 3.88. The average Bonchev–Trinajstić information content (AvgIpc) is 3.25. The van der Waals surface area contributed by atoms with E-state index >= 15 is 0 Å². The Morgan fingerprint density at radius 2 is 2.00 bits per heavy atom. The third-order valence-electron chi connectivity index (χ3n) is 5.50. The molecule has 8 nitrogen and oxygen atoms in total. The van der Waals surface area contributed by atoms with Crippen LogP contribution < -0.4 is 15.0 Å². The van der Waals surface area contributed by atoms with E-state index in [1.165, 1.54) is 4.90 Å². The van der Waals surface area contributed by atoms with Crippen LogP contribution in [0.2, 0.25) is 0 Å². The van der Waals surface area contributed by atoms with Crippen molar-refractivity contribution in [2.24, 2.45) is 0 Å². The fraction of sp³-hybridized carbons (Fsp3) is 0.200. The molecule has 2 aromatic carbocycles. The van der Waals surface area contributed by atoms with Crippen LogP contribution in [0.25, 0.3) is 10.8 Å². The summed E-state index contributed by atoms with van der Waals surface area (Å²) in [5, 5.41) is 4.54. The van der Waals surface area contributed by atoms with Crippen LogP contribution in [0.15, 0.2) is 73.4 Å². The number of nitrogens with one attached hydrogen (secondary N) is 1. The molecule has 0 spiro atoms. The minimum Gasteiger partial charge on any atom is -0.489 e. The van der Waals surface area contributed by atoms with Gasteiger partial charge in [-0.2, -0.15) is 0 Å². The lowest BCUT2D eigenvalue weighted by molar-refractivity contribution is -0.120. The van der Waals surface area contributed by atoms with Crippen LogP contribution in [-0.4, -0.2) is 46.0 Å². The van der Waals surface area contributed by atoms with Gasteiger partial charge in [0.1, 0.15) is 24.1 Å². The van der Waals surface area contributed by atoms with Gasteiger partial charge in [0.05, 0.1) is 12.0 Å². The molecule has 0 fully saturated rings. The van der Waals surface area contributed by atoms with Gasteiger partial charge in [0.2, 0.25) is 0 Å². The first-order valence-corrected chi connectivity index (χ1v) is 10.2. The number of fused-ring (bicyclic) bond motifs is 3. The molecule has 0 saturated heterocycles. The first-order chi connectivity index (χ1) is 15.6. The number of hydrogen-bond donors (Lipinski definition) is 1. The number of carbonyl (C=O) groups excluding carboxylic acids is 2. The molecule has 8 heteroatoms. The number of aromatic nitrogens is 3.